The molecule has 214 valence electrons. The van der Waals surface area contributed by atoms with Crippen molar-refractivity contribution in [3.8, 4) is 5.75 Å². The SMILES string of the molecule is CC(C)(C)OC(=O)CC[C@@H](C(N)=O)N1Cc2c3c(cc(Cl)c2C1=O)C1(CCN(C(=O)OC(C)(C)C)CC1)CO3. The van der Waals surface area contributed by atoms with Crippen LogP contribution in [0.3, 0.4) is 0 Å². The molecule has 1 fully saturated rings. The molecule has 2 N–H and O–H groups in total. The number of benzene rings is 1. The van der Waals surface area contributed by atoms with Crippen LogP contribution in [0.5, 0.6) is 5.75 Å². The monoisotopic (exact) mass is 563 g/mol. The summed E-state index contributed by atoms with van der Waals surface area (Å²) in [5.41, 5.74) is 5.92. The van der Waals surface area contributed by atoms with E-state index >= 15 is 0 Å². The van der Waals surface area contributed by atoms with Crippen LogP contribution in [0, 0.1) is 0 Å². The summed E-state index contributed by atoms with van der Waals surface area (Å²) < 4.78 is 17.1. The quantitative estimate of drug-likeness (QED) is 0.537. The second-order valence-corrected chi connectivity index (χ2v) is 13.0. The minimum atomic E-state index is -1.00. The summed E-state index contributed by atoms with van der Waals surface area (Å²) in [6, 6.07) is 0.782. The van der Waals surface area contributed by atoms with E-state index in [0.29, 0.717) is 49.4 Å². The number of hydrogen-bond acceptors (Lipinski definition) is 7. The van der Waals surface area contributed by atoms with Gasteiger partial charge in [-0.1, -0.05) is 11.6 Å². The maximum absolute atomic E-state index is 13.4. The number of halogens is 1. The number of carbonyl (C=O) groups is 4. The normalized spacial score (nSPS) is 18.9. The fourth-order valence-electron chi connectivity index (χ4n) is 5.51. The van der Waals surface area contributed by atoms with Crippen LogP contribution >= 0.6 is 11.6 Å². The van der Waals surface area contributed by atoms with Crippen molar-refractivity contribution in [1.82, 2.24) is 9.80 Å². The number of esters is 1. The van der Waals surface area contributed by atoms with Gasteiger partial charge < -0.3 is 29.7 Å². The molecule has 39 heavy (non-hydrogen) atoms. The number of hydrogen-bond donors (Lipinski definition) is 1. The lowest BCUT2D eigenvalue weighted by Crippen LogP contribution is -2.47. The van der Waals surface area contributed by atoms with Crippen molar-refractivity contribution in [1.29, 1.82) is 0 Å². The number of amides is 3. The van der Waals surface area contributed by atoms with Gasteiger partial charge in [-0.25, -0.2) is 4.79 Å². The maximum Gasteiger partial charge on any atom is 0.410 e. The third-order valence-electron chi connectivity index (χ3n) is 7.32. The van der Waals surface area contributed by atoms with Crippen LogP contribution in [-0.2, 0) is 31.0 Å². The summed E-state index contributed by atoms with van der Waals surface area (Å²) in [6.07, 6.45) is 0.950. The molecule has 1 aromatic rings. The van der Waals surface area contributed by atoms with E-state index in [-0.39, 0.29) is 35.9 Å². The fourth-order valence-corrected chi connectivity index (χ4v) is 5.81. The lowest BCUT2D eigenvalue weighted by atomic mass is 9.74. The number of nitrogens with two attached hydrogens (primary N) is 1. The van der Waals surface area contributed by atoms with Crippen LogP contribution in [0.4, 0.5) is 4.79 Å². The highest BCUT2D eigenvalue weighted by Crippen LogP contribution is 2.51. The van der Waals surface area contributed by atoms with Crippen LogP contribution in [0.1, 0.15) is 88.7 Å². The van der Waals surface area contributed by atoms with Crippen LogP contribution in [0.2, 0.25) is 5.02 Å². The predicted molar refractivity (Wildman–Crippen MR) is 144 cm³/mol. The number of piperidine rings is 1. The van der Waals surface area contributed by atoms with Crippen LogP contribution in [0.15, 0.2) is 6.07 Å². The molecule has 3 amide bonds. The van der Waals surface area contributed by atoms with Crippen molar-refractivity contribution >= 4 is 35.5 Å². The molecule has 10 nitrogen and oxygen atoms in total. The van der Waals surface area contributed by atoms with Crippen molar-refractivity contribution in [2.24, 2.45) is 5.73 Å². The van der Waals surface area contributed by atoms with Crippen molar-refractivity contribution in [3.05, 3.63) is 27.8 Å². The van der Waals surface area contributed by atoms with Crippen LogP contribution in [-0.4, -0.2) is 70.6 Å². The number of likely N-dealkylation sites (tertiary alicyclic amines) is 1. The van der Waals surface area contributed by atoms with Crippen molar-refractivity contribution in [2.75, 3.05) is 19.7 Å². The van der Waals surface area contributed by atoms with E-state index < -0.39 is 35.0 Å². The number of ether oxygens (including phenoxy) is 3. The zero-order chi connectivity index (χ0) is 28.9. The van der Waals surface area contributed by atoms with Crippen LogP contribution in [0.25, 0.3) is 0 Å². The Morgan fingerprint density at radius 3 is 2.28 bits per heavy atom. The summed E-state index contributed by atoms with van der Waals surface area (Å²) in [7, 11) is 0. The summed E-state index contributed by atoms with van der Waals surface area (Å²) in [4.78, 5) is 53.7. The molecule has 1 spiro atoms. The second-order valence-electron chi connectivity index (χ2n) is 12.6. The van der Waals surface area contributed by atoms with Gasteiger partial charge in [0.15, 0.2) is 0 Å². The molecule has 3 heterocycles. The Bertz CT molecular complexity index is 1190. The molecule has 1 aromatic carbocycles. The Balaban J connectivity index is 1.53. The maximum atomic E-state index is 13.4. The third kappa shape index (κ3) is 5.95. The molecule has 4 rings (SSSR count). The van der Waals surface area contributed by atoms with Crippen LogP contribution < -0.4 is 10.5 Å². The minimum Gasteiger partial charge on any atom is -0.492 e. The molecule has 1 atom stereocenters. The first-order chi connectivity index (χ1) is 18.0. The van der Waals surface area contributed by atoms with Gasteiger partial charge in [-0.15, -0.1) is 0 Å². The molecule has 0 aromatic heterocycles. The number of fused-ring (bicyclic) bond motifs is 4. The van der Waals surface area contributed by atoms with E-state index in [1.807, 2.05) is 20.8 Å². The molecule has 11 heteroatoms. The van der Waals surface area contributed by atoms with Crippen molar-refractivity contribution < 1.29 is 33.4 Å². The Kier molecular flexibility index (Phi) is 7.57. The highest BCUT2D eigenvalue weighted by molar-refractivity contribution is 6.34. The predicted octanol–water partition coefficient (Wildman–Crippen LogP) is 3.93. The Morgan fingerprint density at radius 1 is 1.10 bits per heavy atom. The first-order valence-corrected chi connectivity index (χ1v) is 13.7. The van der Waals surface area contributed by atoms with Gasteiger partial charge in [0.25, 0.3) is 5.91 Å². The molecule has 0 radical (unpaired) electrons. The summed E-state index contributed by atoms with van der Waals surface area (Å²) in [5, 5.41) is 0.283. The Hall–Kier alpha value is -3.01. The highest BCUT2D eigenvalue weighted by Gasteiger charge is 2.48. The van der Waals surface area contributed by atoms with Crippen molar-refractivity contribution in [2.45, 2.75) is 96.4 Å². The Labute approximate surface area is 234 Å². The first kappa shape index (κ1) is 29.0. The van der Waals surface area contributed by atoms with Gasteiger partial charge in [-0.3, -0.25) is 14.4 Å². The standard InChI is InChI=1S/C28H38ClN3O7/c1-26(2,3)38-20(33)8-7-19(23(30)34)32-14-16-21(24(32)35)18(29)13-17-22(16)37-15-28(17)9-11-31(12-10-28)25(36)39-27(4,5)6/h13,19H,7-12,14-15H2,1-6H3,(H2,30,34)/t19-/m0/s1. The topological polar surface area (TPSA) is 128 Å². The van der Waals surface area contributed by atoms with Gasteiger partial charge in [0.1, 0.15) is 23.0 Å². The van der Waals surface area contributed by atoms with E-state index in [2.05, 4.69) is 0 Å². The van der Waals surface area contributed by atoms with Gasteiger partial charge in [0.2, 0.25) is 5.91 Å². The number of nitrogens with zero attached hydrogens (tertiary/aromatic N) is 2. The minimum absolute atomic E-state index is 0.0368. The number of carbonyl (C=O) groups excluding carboxylic acids is 4. The molecule has 0 bridgehead atoms. The second kappa shape index (κ2) is 10.2. The molecule has 0 aliphatic carbocycles. The lowest BCUT2D eigenvalue weighted by Gasteiger charge is -2.39. The third-order valence-corrected chi connectivity index (χ3v) is 7.61. The zero-order valence-electron chi connectivity index (χ0n) is 23.5. The van der Waals surface area contributed by atoms with E-state index in [9.17, 15) is 19.2 Å². The first-order valence-electron chi connectivity index (χ1n) is 13.3. The summed E-state index contributed by atoms with van der Waals surface area (Å²) in [5.74, 6) is -0.999. The molecule has 3 aliphatic rings. The van der Waals surface area contributed by atoms with E-state index in [1.165, 1.54) is 4.90 Å². The zero-order valence-corrected chi connectivity index (χ0v) is 24.3. The van der Waals surface area contributed by atoms with E-state index in [1.54, 1.807) is 31.7 Å². The van der Waals surface area contributed by atoms with E-state index in [4.69, 9.17) is 31.5 Å². The summed E-state index contributed by atoms with van der Waals surface area (Å²) >= 11 is 6.67. The molecule has 3 aliphatic heterocycles. The molecule has 0 unspecified atom stereocenters. The van der Waals surface area contributed by atoms with Gasteiger partial charge in [0.05, 0.1) is 23.7 Å². The van der Waals surface area contributed by atoms with Crippen molar-refractivity contribution in [3.63, 3.8) is 0 Å². The average molecular weight is 564 g/mol. The fraction of sp³-hybridized carbons (Fsp3) is 0.643. The lowest BCUT2D eigenvalue weighted by molar-refractivity contribution is -0.155. The number of rotatable bonds is 5. The molecular weight excluding hydrogens is 526 g/mol. The van der Waals surface area contributed by atoms with Gasteiger partial charge in [-0.05, 0) is 66.9 Å². The highest BCUT2D eigenvalue weighted by atomic mass is 35.5. The Morgan fingerprint density at radius 2 is 1.72 bits per heavy atom. The smallest absolute Gasteiger partial charge is 0.410 e. The summed E-state index contributed by atoms with van der Waals surface area (Å²) in [6.45, 7) is 12.3. The largest absolute Gasteiger partial charge is 0.492 e. The number of primary amides is 1. The van der Waals surface area contributed by atoms with Gasteiger partial charge >= 0.3 is 12.1 Å². The van der Waals surface area contributed by atoms with Gasteiger partial charge in [-0.2, -0.15) is 0 Å². The molecular formula is C28H38ClN3O7. The molecule has 0 saturated carbocycles. The average Bonchev–Trinajstić information content (AvgIpc) is 3.31. The molecule has 1 saturated heterocycles. The van der Waals surface area contributed by atoms with Gasteiger partial charge in [0, 0.05) is 36.1 Å². The van der Waals surface area contributed by atoms with E-state index in [0.717, 1.165) is 5.56 Å².